The largest absolute Gasteiger partial charge is 0.508 e. The highest BCUT2D eigenvalue weighted by molar-refractivity contribution is 7.14. The van der Waals surface area contributed by atoms with E-state index in [2.05, 4.69) is 10.2 Å². The summed E-state index contributed by atoms with van der Waals surface area (Å²) in [6, 6.07) is 7.16. The van der Waals surface area contributed by atoms with Crippen LogP contribution in [0.25, 0.3) is 10.6 Å². The summed E-state index contributed by atoms with van der Waals surface area (Å²) in [4.78, 5) is 0. The Hall–Kier alpha value is -1.42. The predicted molar refractivity (Wildman–Crippen MR) is 72.8 cm³/mol. The average molecular weight is 260 g/mol. The van der Waals surface area contributed by atoms with Gasteiger partial charge in [-0.25, -0.2) is 0 Å². The van der Waals surface area contributed by atoms with Gasteiger partial charge in [0.1, 0.15) is 15.8 Å². The number of hydrogen-bond donors (Lipinski definition) is 1. The molecule has 1 aliphatic rings. The van der Waals surface area contributed by atoms with Gasteiger partial charge in [-0.2, -0.15) is 0 Å². The standard InChI is InChI=1S/C14H16N2OS/c17-12-8-6-11(7-9-12)14-16-15-13(18-14)10-4-2-1-3-5-10/h6-10,17H,1-5H2. The summed E-state index contributed by atoms with van der Waals surface area (Å²) in [6.07, 6.45) is 6.51. The van der Waals surface area contributed by atoms with E-state index in [-0.39, 0.29) is 5.75 Å². The van der Waals surface area contributed by atoms with Crippen LogP contribution >= 0.6 is 11.3 Å². The van der Waals surface area contributed by atoms with E-state index in [0.29, 0.717) is 5.92 Å². The van der Waals surface area contributed by atoms with Gasteiger partial charge in [0, 0.05) is 11.5 Å². The maximum atomic E-state index is 9.28. The molecule has 1 fully saturated rings. The SMILES string of the molecule is Oc1ccc(-c2nnc(C3CCCCC3)s2)cc1. The molecule has 18 heavy (non-hydrogen) atoms. The second kappa shape index (κ2) is 5.06. The summed E-state index contributed by atoms with van der Waals surface area (Å²) >= 11 is 1.69. The predicted octanol–water partition coefficient (Wildman–Crippen LogP) is 3.96. The number of aromatic nitrogens is 2. The molecule has 0 aliphatic heterocycles. The maximum Gasteiger partial charge on any atom is 0.147 e. The zero-order valence-corrected chi connectivity index (χ0v) is 11.0. The van der Waals surface area contributed by atoms with E-state index in [0.717, 1.165) is 10.6 Å². The van der Waals surface area contributed by atoms with Gasteiger partial charge in [-0.15, -0.1) is 10.2 Å². The normalized spacial score (nSPS) is 16.9. The number of phenols is 1. The Labute approximate surface area is 111 Å². The van der Waals surface area contributed by atoms with E-state index in [1.807, 2.05) is 12.1 Å². The minimum atomic E-state index is 0.288. The van der Waals surface area contributed by atoms with Crippen LogP contribution in [-0.4, -0.2) is 15.3 Å². The van der Waals surface area contributed by atoms with E-state index < -0.39 is 0 Å². The third-order valence-electron chi connectivity index (χ3n) is 3.51. The van der Waals surface area contributed by atoms with Crippen molar-refractivity contribution in [1.82, 2.24) is 10.2 Å². The Bertz CT molecular complexity index is 515. The zero-order chi connectivity index (χ0) is 12.4. The molecule has 3 nitrogen and oxygen atoms in total. The topological polar surface area (TPSA) is 46.0 Å². The fraction of sp³-hybridized carbons (Fsp3) is 0.429. The summed E-state index contributed by atoms with van der Waals surface area (Å²) in [6.45, 7) is 0. The van der Waals surface area contributed by atoms with Gasteiger partial charge in [-0.3, -0.25) is 0 Å². The van der Waals surface area contributed by atoms with Gasteiger partial charge in [0.25, 0.3) is 0 Å². The van der Waals surface area contributed by atoms with Gasteiger partial charge in [0.15, 0.2) is 0 Å². The second-order valence-electron chi connectivity index (χ2n) is 4.83. The summed E-state index contributed by atoms with van der Waals surface area (Å²) in [5.41, 5.74) is 1.03. The first kappa shape index (κ1) is 11.7. The van der Waals surface area contributed by atoms with Gasteiger partial charge in [-0.1, -0.05) is 30.6 Å². The average Bonchev–Trinajstić information content (AvgIpc) is 2.90. The van der Waals surface area contributed by atoms with Crippen LogP contribution in [0.3, 0.4) is 0 Å². The Balaban J connectivity index is 1.82. The number of rotatable bonds is 2. The van der Waals surface area contributed by atoms with Crippen molar-refractivity contribution in [3.8, 4) is 16.3 Å². The molecule has 0 radical (unpaired) electrons. The first-order valence-electron chi connectivity index (χ1n) is 6.46. The maximum absolute atomic E-state index is 9.28. The van der Waals surface area contributed by atoms with E-state index in [9.17, 15) is 5.11 Å². The van der Waals surface area contributed by atoms with Crippen molar-refractivity contribution in [2.45, 2.75) is 38.0 Å². The molecule has 94 valence electrons. The molecule has 0 spiro atoms. The number of nitrogens with zero attached hydrogens (tertiary/aromatic N) is 2. The molecule has 3 rings (SSSR count). The Morgan fingerprint density at radius 2 is 1.72 bits per heavy atom. The monoisotopic (exact) mass is 260 g/mol. The molecule has 4 heteroatoms. The fourth-order valence-corrected chi connectivity index (χ4v) is 3.49. The van der Waals surface area contributed by atoms with Gasteiger partial charge >= 0.3 is 0 Å². The molecule has 1 heterocycles. The molecule has 2 aromatic rings. The minimum absolute atomic E-state index is 0.288. The Morgan fingerprint density at radius 1 is 1.00 bits per heavy atom. The van der Waals surface area contributed by atoms with Crippen molar-refractivity contribution >= 4 is 11.3 Å². The number of aromatic hydroxyl groups is 1. The molecule has 0 saturated heterocycles. The summed E-state index contributed by atoms with van der Waals surface area (Å²) in [5, 5.41) is 20.0. The van der Waals surface area contributed by atoms with Crippen LogP contribution in [0.4, 0.5) is 0 Å². The van der Waals surface area contributed by atoms with Gasteiger partial charge in [0.05, 0.1) is 0 Å². The molecule has 0 bridgehead atoms. The van der Waals surface area contributed by atoms with Crippen molar-refractivity contribution in [1.29, 1.82) is 0 Å². The van der Waals surface area contributed by atoms with Crippen LogP contribution in [-0.2, 0) is 0 Å². The Kier molecular flexibility index (Phi) is 3.28. The van der Waals surface area contributed by atoms with E-state index in [1.54, 1.807) is 23.5 Å². The van der Waals surface area contributed by atoms with Gasteiger partial charge in [-0.05, 0) is 37.1 Å². The highest BCUT2D eigenvalue weighted by Crippen LogP contribution is 2.36. The third-order valence-corrected chi connectivity index (χ3v) is 4.64. The van der Waals surface area contributed by atoms with Gasteiger partial charge in [0.2, 0.25) is 0 Å². The van der Waals surface area contributed by atoms with Crippen LogP contribution in [0, 0.1) is 0 Å². The van der Waals surface area contributed by atoms with Crippen molar-refractivity contribution in [3.05, 3.63) is 29.3 Å². The van der Waals surface area contributed by atoms with E-state index in [4.69, 9.17) is 0 Å². The molecule has 0 unspecified atom stereocenters. The van der Waals surface area contributed by atoms with Gasteiger partial charge < -0.3 is 5.11 Å². The van der Waals surface area contributed by atoms with E-state index >= 15 is 0 Å². The van der Waals surface area contributed by atoms with Crippen LogP contribution in [0.15, 0.2) is 24.3 Å². The van der Waals surface area contributed by atoms with Crippen molar-refractivity contribution in [2.75, 3.05) is 0 Å². The fourth-order valence-electron chi connectivity index (χ4n) is 2.47. The molecule has 1 aromatic carbocycles. The first-order valence-corrected chi connectivity index (χ1v) is 7.27. The quantitative estimate of drug-likeness (QED) is 0.889. The smallest absolute Gasteiger partial charge is 0.147 e. The number of benzene rings is 1. The first-order chi connectivity index (χ1) is 8.83. The molecular formula is C14H16N2OS. The van der Waals surface area contributed by atoms with Crippen molar-refractivity contribution in [3.63, 3.8) is 0 Å². The lowest BCUT2D eigenvalue weighted by atomic mass is 9.90. The van der Waals surface area contributed by atoms with Crippen LogP contribution in [0.2, 0.25) is 0 Å². The molecule has 1 aromatic heterocycles. The van der Waals surface area contributed by atoms with Crippen LogP contribution in [0.5, 0.6) is 5.75 Å². The van der Waals surface area contributed by atoms with E-state index in [1.165, 1.54) is 37.1 Å². The third kappa shape index (κ3) is 2.38. The highest BCUT2D eigenvalue weighted by Gasteiger charge is 2.19. The lowest BCUT2D eigenvalue weighted by Gasteiger charge is -2.18. The summed E-state index contributed by atoms with van der Waals surface area (Å²) in [7, 11) is 0. The minimum Gasteiger partial charge on any atom is -0.508 e. The highest BCUT2D eigenvalue weighted by atomic mass is 32.1. The molecular weight excluding hydrogens is 244 g/mol. The van der Waals surface area contributed by atoms with Crippen LogP contribution in [0.1, 0.15) is 43.0 Å². The zero-order valence-electron chi connectivity index (χ0n) is 10.2. The second-order valence-corrected chi connectivity index (χ2v) is 5.84. The Morgan fingerprint density at radius 3 is 2.44 bits per heavy atom. The molecule has 1 saturated carbocycles. The van der Waals surface area contributed by atoms with Crippen molar-refractivity contribution in [2.24, 2.45) is 0 Å². The molecule has 0 atom stereocenters. The van der Waals surface area contributed by atoms with Crippen molar-refractivity contribution < 1.29 is 5.11 Å². The summed E-state index contributed by atoms with van der Waals surface area (Å²) in [5.74, 6) is 0.901. The lowest BCUT2D eigenvalue weighted by molar-refractivity contribution is 0.440. The number of hydrogen-bond acceptors (Lipinski definition) is 4. The van der Waals surface area contributed by atoms with Crippen LogP contribution < -0.4 is 0 Å². The summed E-state index contributed by atoms with van der Waals surface area (Å²) < 4.78 is 0. The molecule has 1 N–H and O–H groups in total. The lowest BCUT2D eigenvalue weighted by Crippen LogP contribution is -2.03. The molecule has 0 amide bonds. The number of phenolic OH excluding ortho intramolecular Hbond substituents is 1. The molecule has 1 aliphatic carbocycles.